The summed E-state index contributed by atoms with van der Waals surface area (Å²) < 4.78 is 0. The van der Waals surface area contributed by atoms with E-state index < -0.39 is 0 Å². The maximum Gasteiger partial charge on any atom is 0.171 e. The molecule has 4 heteroatoms. The van der Waals surface area contributed by atoms with Crippen molar-refractivity contribution in [3.05, 3.63) is 71.9 Å². The van der Waals surface area contributed by atoms with Crippen molar-refractivity contribution in [3.63, 3.8) is 0 Å². The lowest BCUT2D eigenvalue weighted by atomic mass is 10.0. The first-order valence-electron chi connectivity index (χ1n) is 8.16. The van der Waals surface area contributed by atoms with Crippen LogP contribution in [0.1, 0.15) is 17.5 Å². The van der Waals surface area contributed by atoms with Crippen LogP contribution in [0.3, 0.4) is 0 Å². The number of rotatable bonds is 5. The van der Waals surface area contributed by atoms with Gasteiger partial charge in [-0.3, -0.25) is 0 Å². The molecule has 0 aliphatic heterocycles. The van der Waals surface area contributed by atoms with Crippen LogP contribution in [0, 0.1) is 6.92 Å². The molecule has 0 fully saturated rings. The highest BCUT2D eigenvalue weighted by Crippen LogP contribution is 2.19. The van der Waals surface area contributed by atoms with Gasteiger partial charge in [0.2, 0.25) is 0 Å². The number of hydrogen-bond donors (Lipinski definition) is 2. The maximum absolute atomic E-state index is 5.32. The maximum atomic E-state index is 5.32. The normalized spacial score (nSPS) is 10.5. The Hall–Kier alpha value is -2.46. The number of aromatic nitrogens is 1. The molecule has 0 bridgehead atoms. The second-order valence-corrected chi connectivity index (χ2v) is 6.25. The molecule has 0 saturated carbocycles. The molecule has 0 atom stereocenters. The summed E-state index contributed by atoms with van der Waals surface area (Å²) in [5, 5.41) is 9.62. The quantitative estimate of drug-likeness (QED) is 0.533. The summed E-state index contributed by atoms with van der Waals surface area (Å²) in [5.41, 5.74) is 2.54. The zero-order chi connectivity index (χ0) is 16.8. The van der Waals surface area contributed by atoms with Gasteiger partial charge in [0.1, 0.15) is 5.82 Å². The van der Waals surface area contributed by atoms with Crippen molar-refractivity contribution in [2.45, 2.75) is 19.8 Å². The minimum absolute atomic E-state index is 0.617. The number of thiocarbonyl (C=S) groups is 1. The molecule has 2 aromatic carbocycles. The Balaban J connectivity index is 1.49. The standard InChI is InChI=1S/C20H21N3S/c1-15-11-13-21-19(14-15)23-20(24)22-12-5-9-17-8-4-7-16-6-2-3-10-18(16)17/h2-4,6-8,10-11,13-14H,5,9,12H2,1H3,(H2,21,22,23,24). The predicted octanol–water partition coefficient (Wildman–Crippen LogP) is 4.46. The molecule has 24 heavy (non-hydrogen) atoms. The van der Waals surface area contributed by atoms with Crippen molar-refractivity contribution in [2.75, 3.05) is 11.9 Å². The van der Waals surface area contributed by atoms with E-state index in [1.54, 1.807) is 6.20 Å². The van der Waals surface area contributed by atoms with Gasteiger partial charge in [-0.15, -0.1) is 0 Å². The lowest BCUT2D eigenvalue weighted by Gasteiger charge is -2.11. The number of aryl methyl sites for hydroxylation is 2. The fourth-order valence-electron chi connectivity index (χ4n) is 2.76. The fraction of sp³-hybridized carbons (Fsp3) is 0.200. The van der Waals surface area contributed by atoms with E-state index in [0.717, 1.165) is 30.8 Å². The second kappa shape index (κ2) is 7.88. The van der Waals surface area contributed by atoms with Crippen molar-refractivity contribution in [3.8, 4) is 0 Å². The summed E-state index contributed by atoms with van der Waals surface area (Å²) in [6.07, 6.45) is 3.83. The summed E-state index contributed by atoms with van der Waals surface area (Å²) in [5.74, 6) is 0.779. The van der Waals surface area contributed by atoms with Crippen LogP contribution in [0.2, 0.25) is 0 Å². The number of benzene rings is 2. The van der Waals surface area contributed by atoms with Gasteiger partial charge in [-0.25, -0.2) is 4.98 Å². The van der Waals surface area contributed by atoms with Gasteiger partial charge >= 0.3 is 0 Å². The summed E-state index contributed by atoms with van der Waals surface area (Å²) in [6, 6.07) is 18.9. The number of nitrogens with zero attached hydrogens (tertiary/aromatic N) is 1. The molecule has 0 unspecified atom stereocenters. The van der Waals surface area contributed by atoms with Gasteiger partial charge in [0, 0.05) is 12.7 Å². The SMILES string of the molecule is Cc1ccnc(NC(=S)NCCCc2cccc3ccccc23)c1. The molecule has 1 aromatic heterocycles. The molecule has 0 spiro atoms. The molecule has 1 heterocycles. The third-order valence-electron chi connectivity index (χ3n) is 3.95. The second-order valence-electron chi connectivity index (χ2n) is 5.84. The zero-order valence-corrected chi connectivity index (χ0v) is 14.6. The summed E-state index contributed by atoms with van der Waals surface area (Å²) >= 11 is 5.32. The number of nitrogens with one attached hydrogen (secondary N) is 2. The Morgan fingerprint density at radius 3 is 2.79 bits per heavy atom. The highest BCUT2D eigenvalue weighted by molar-refractivity contribution is 7.80. The van der Waals surface area contributed by atoms with Crippen molar-refractivity contribution in [1.82, 2.24) is 10.3 Å². The molecular weight excluding hydrogens is 314 g/mol. The smallest absolute Gasteiger partial charge is 0.171 e. The number of pyridine rings is 1. The van der Waals surface area contributed by atoms with Gasteiger partial charge in [-0.1, -0.05) is 42.5 Å². The van der Waals surface area contributed by atoms with E-state index in [4.69, 9.17) is 12.2 Å². The first-order chi connectivity index (χ1) is 11.7. The minimum atomic E-state index is 0.617. The molecule has 0 saturated heterocycles. The van der Waals surface area contributed by atoms with Gasteiger partial charge in [0.15, 0.2) is 5.11 Å². The Morgan fingerprint density at radius 1 is 1.08 bits per heavy atom. The monoisotopic (exact) mass is 335 g/mol. The summed E-state index contributed by atoms with van der Waals surface area (Å²) in [4.78, 5) is 4.25. The highest BCUT2D eigenvalue weighted by Gasteiger charge is 2.02. The van der Waals surface area contributed by atoms with Gasteiger partial charge < -0.3 is 10.6 Å². The summed E-state index contributed by atoms with van der Waals surface area (Å²) in [6.45, 7) is 2.87. The van der Waals surface area contributed by atoms with Gasteiger partial charge in [-0.05, 0) is 66.0 Å². The average molecular weight is 335 g/mol. The van der Waals surface area contributed by atoms with E-state index in [9.17, 15) is 0 Å². The minimum Gasteiger partial charge on any atom is -0.362 e. The molecule has 3 nitrogen and oxygen atoms in total. The number of fused-ring (bicyclic) bond motifs is 1. The molecule has 0 aliphatic carbocycles. The Kier molecular flexibility index (Phi) is 5.39. The molecule has 3 rings (SSSR count). The van der Waals surface area contributed by atoms with Crippen molar-refractivity contribution in [2.24, 2.45) is 0 Å². The van der Waals surface area contributed by atoms with Crippen LogP contribution in [-0.4, -0.2) is 16.6 Å². The molecular formula is C20H21N3S. The highest BCUT2D eigenvalue weighted by atomic mass is 32.1. The Bertz CT molecular complexity index is 840. The average Bonchev–Trinajstić information content (AvgIpc) is 2.59. The molecule has 0 radical (unpaired) electrons. The lowest BCUT2D eigenvalue weighted by Crippen LogP contribution is -2.29. The van der Waals surface area contributed by atoms with Crippen LogP contribution in [0.4, 0.5) is 5.82 Å². The molecule has 0 aliphatic rings. The molecule has 3 aromatic rings. The van der Waals surface area contributed by atoms with Gasteiger partial charge in [0.25, 0.3) is 0 Å². The largest absolute Gasteiger partial charge is 0.362 e. The van der Waals surface area contributed by atoms with Crippen LogP contribution < -0.4 is 10.6 Å². The lowest BCUT2D eigenvalue weighted by molar-refractivity contribution is 0.780. The van der Waals surface area contributed by atoms with E-state index in [-0.39, 0.29) is 0 Å². The van der Waals surface area contributed by atoms with Crippen LogP contribution in [-0.2, 0) is 6.42 Å². The Morgan fingerprint density at radius 2 is 1.92 bits per heavy atom. The van der Waals surface area contributed by atoms with Crippen LogP contribution in [0.15, 0.2) is 60.8 Å². The van der Waals surface area contributed by atoms with E-state index >= 15 is 0 Å². The number of anilines is 1. The summed E-state index contributed by atoms with van der Waals surface area (Å²) in [7, 11) is 0. The third-order valence-corrected chi connectivity index (χ3v) is 4.19. The molecule has 122 valence electrons. The first-order valence-corrected chi connectivity index (χ1v) is 8.57. The topological polar surface area (TPSA) is 37.0 Å². The van der Waals surface area contributed by atoms with Crippen LogP contribution in [0.25, 0.3) is 10.8 Å². The van der Waals surface area contributed by atoms with Crippen molar-refractivity contribution in [1.29, 1.82) is 0 Å². The van der Waals surface area contributed by atoms with Gasteiger partial charge in [0.05, 0.1) is 0 Å². The third kappa shape index (κ3) is 4.30. The zero-order valence-electron chi connectivity index (χ0n) is 13.8. The first kappa shape index (κ1) is 16.4. The van der Waals surface area contributed by atoms with Crippen LogP contribution >= 0.6 is 12.2 Å². The van der Waals surface area contributed by atoms with Gasteiger partial charge in [-0.2, -0.15) is 0 Å². The number of hydrogen-bond acceptors (Lipinski definition) is 2. The van der Waals surface area contributed by atoms with E-state index in [2.05, 4.69) is 58.1 Å². The van der Waals surface area contributed by atoms with Crippen molar-refractivity contribution >= 4 is 33.9 Å². The Labute approximate surface area is 148 Å². The van der Waals surface area contributed by atoms with E-state index in [0.29, 0.717) is 5.11 Å². The van der Waals surface area contributed by atoms with Crippen molar-refractivity contribution < 1.29 is 0 Å². The van der Waals surface area contributed by atoms with E-state index in [1.807, 2.05) is 19.1 Å². The van der Waals surface area contributed by atoms with Crippen LogP contribution in [0.5, 0.6) is 0 Å². The molecule has 2 N–H and O–H groups in total. The predicted molar refractivity (Wildman–Crippen MR) is 105 cm³/mol. The van der Waals surface area contributed by atoms with E-state index in [1.165, 1.54) is 16.3 Å². The fourth-order valence-corrected chi connectivity index (χ4v) is 2.96. The molecule has 0 amide bonds.